The lowest BCUT2D eigenvalue weighted by molar-refractivity contribution is 0.304. The van der Waals surface area contributed by atoms with Crippen molar-refractivity contribution >= 4 is 0 Å². The third kappa shape index (κ3) is 7.01. The Balaban J connectivity index is 2.01. The summed E-state index contributed by atoms with van der Waals surface area (Å²) in [7, 11) is 0. The highest BCUT2D eigenvalue weighted by Crippen LogP contribution is 2.12. The van der Waals surface area contributed by atoms with E-state index in [2.05, 4.69) is 38.2 Å². The van der Waals surface area contributed by atoms with Gasteiger partial charge in [0, 0.05) is 6.04 Å². The summed E-state index contributed by atoms with van der Waals surface area (Å²) in [6.45, 7) is 8.39. The van der Waals surface area contributed by atoms with Crippen LogP contribution in [0.3, 0.4) is 0 Å². The minimum Gasteiger partial charge on any atom is -0.494 e. The van der Waals surface area contributed by atoms with Crippen molar-refractivity contribution in [2.24, 2.45) is 0 Å². The number of nitrogens with one attached hydrogen (secondary N) is 1. The fourth-order valence-corrected chi connectivity index (χ4v) is 1.69. The molecule has 0 saturated carbocycles. The Morgan fingerprint density at radius 2 is 2.00 bits per heavy atom. The standard InChI is InChI=1S/C15H25NO/c1-13(2)16-10-5-4-6-11-17-15-9-7-8-14(3)12-15/h7-9,12-13,16H,4-6,10-11H2,1-3H3. The smallest absolute Gasteiger partial charge is 0.119 e. The van der Waals surface area contributed by atoms with Gasteiger partial charge in [0.25, 0.3) is 0 Å². The predicted molar refractivity (Wildman–Crippen MR) is 73.7 cm³/mol. The second-order valence-corrected chi connectivity index (χ2v) is 4.83. The van der Waals surface area contributed by atoms with Gasteiger partial charge in [-0.05, 0) is 50.4 Å². The van der Waals surface area contributed by atoms with Gasteiger partial charge in [-0.25, -0.2) is 0 Å². The van der Waals surface area contributed by atoms with Gasteiger partial charge < -0.3 is 10.1 Å². The van der Waals surface area contributed by atoms with Crippen LogP contribution < -0.4 is 10.1 Å². The van der Waals surface area contributed by atoms with E-state index in [1.165, 1.54) is 18.4 Å². The number of hydrogen-bond acceptors (Lipinski definition) is 2. The van der Waals surface area contributed by atoms with E-state index in [-0.39, 0.29) is 0 Å². The number of benzene rings is 1. The first-order valence-electron chi connectivity index (χ1n) is 6.61. The second-order valence-electron chi connectivity index (χ2n) is 4.83. The Kier molecular flexibility index (Phi) is 6.71. The summed E-state index contributed by atoms with van der Waals surface area (Å²) in [6.07, 6.45) is 3.59. The van der Waals surface area contributed by atoms with Gasteiger partial charge in [-0.2, -0.15) is 0 Å². The number of ether oxygens (including phenoxy) is 1. The molecule has 0 aliphatic rings. The van der Waals surface area contributed by atoms with Gasteiger partial charge in [0.05, 0.1) is 6.61 Å². The van der Waals surface area contributed by atoms with Gasteiger partial charge in [0.15, 0.2) is 0 Å². The number of unbranched alkanes of at least 4 members (excludes halogenated alkanes) is 2. The van der Waals surface area contributed by atoms with Crippen molar-refractivity contribution in [2.75, 3.05) is 13.2 Å². The lowest BCUT2D eigenvalue weighted by Gasteiger charge is -2.08. The molecule has 1 aromatic rings. The molecular formula is C15H25NO. The SMILES string of the molecule is Cc1cccc(OCCCCCNC(C)C)c1. The van der Waals surface area contributed by atoms with Gasteiger partial charge in [-0.3, -0.25) is 0 Å². The third-order valence-corrected chi connectivity index (χ3v) is 2.63. The van der Waals surface area contributed by atoms with Gasteiger partial charge >= 0.3 is 0 Å². The summed E-state index contributed by atoms with van der Waals surface area (Å²) >= 11 is 0. The van der Waals surface area contributed by atoms with Crippen molar-refractivity contribution in [3.63, 3.8) is 0 Å². The van der Waals surface area contributed by atoms with E-state index < -0.39 is 0 Å². The van der Waals surface area contributed by atoms with Crippen LogP contribution in [0.4, 0.5) is 0 Å². The van der Waals surface area contributed by atoms with Crippen LogP contribution in [0.1, 0.15) is 38.7 Å². The Hall–Kier alpha value is -1.02. The highest BCUT2D eigenvalue weighted by atomic mass is 16.5. The summed E-state index contributed by atoms with van der Waals surface area (Å²) in [5, 5.41) is 3.42. The van der Waals surface area contributed by atoms with Crippen LogP contribution in [0.5, 0.6) is 5.75 Å². The first-order chi connectivity index (χ1) is 8.18. The predicted octanol–water partition coefficient (Wildman–Crippen LogP) is 3.54. The van der Waals surface area contributed by atoms with Crippen LogP contribution in [-0.2, 0) is 0 Å². The number of aryl methyl sites for hydroxylation is 1. The molecule has 0 atom stereocenters. The molecule has 0 unspecified atom stereocenters. The Morgan fingerprint density at radius 1 is 1.18 bits per heavy atom. The molecule has 0 spiro atoms. The summed E-state index contributed by atoms with van der Waals surface area (Å²) < 4.78 is 5.69. The van der Waals surface area contributed by atoms with Gasteiger partial charge in [0.2, 0.25) is 0 Å². The largest absolute Gasteiger partial charge is 0.494 e. The van der Waals surface area contributed by atoms with Crippen LogP contribution in [-0.4, -0.2) is 19.2 Å². The fraction of sp³-hybridized carbons (Fsp3) is 0.600. The lowest BCUT2D eigenvalue weighted by Crippen LogP contribution is -2.23. The molecule has 0 radical (unpaired) electrons. The van der Waals surface area contributed by atoms with Crippen LogP contribution in [0.15, 0.2) is 24.3 Å². The molecule has 17 heavy (non-hydrogen) atoms. The zero-order chi connectivity index (χ0) is 12.5. The molecule has 0 aromatic heterocycles. The first-order valence-corrected chi connectivity index (χ1v) is 6.61. The highest BCUT2D eigenvalue weighted by molar-refractivity contribution is 5.27. The van der Waals surface area contributed by atoms with Crippen LogP contribution in [0.25, 0.3) is 0 Å². The van der Waals surface area contributed by atoms with Crippen LogP contribution >= 0.6 is 0 Å². The van der Waals surface area contributed by atoms with E-state index in [1.54, 1.807) is 0 Å². The molecular weight excluding hydrogens is 210 g/mol. The second kappa shape index (κ2) is 8.13. The Bertz CT molecular complexity index is 310. The fourth-order valence-electron chi connectivity index (χ4n) is 1.69. The topological polar surface area (TPSA) is 21.3 Å². The van der Waals surface area contributed by atoms with Crippen molar-refractivity contribution in [3.05, 3.63) is 29.8 Å². The average molecular weight is 235 g/mol. The minimum atomic E-state index is 0.596. The van der Waals surface area contributed by atoms with Crippen molar-refractivity contribution in [2.45, 2.75) is 46.1 Å². The molecule has 0 bridgehead atoms. The zero-order valence-corrected chi connectivity index (χ0v) is 11.3. The van der Waals surface area contributed by atoms with Gasteiger partial charge in [0.1, 0.15) is 5.75 Å². The molecule has 0 heterocycles. The molecule has 0 saturated heterocycles. The van der Waals surface area contributed by atoms with Gasteiger partial charge in [-0.1, -0.05) is 26.0 Å². The van der Waals surface area contributed by atoms with Crippen molar-refractivity contribution in [1.29, 1.82) is 0 Å². The maximum Gasteiger partial charge on any atom is 0.119 e. The molecule has 0 amide bonds. The quantitative estimate of drug-likeness (QED) is 0.696. The number of hydrogen-bond donors (Lipinski definition) is 1. The summed E-state index contributed by atoms with van der Waals surface area (Å²) in [5.41, 5.74) is 1.25. The molecule has 1 N–H and O–H groups in total. The first kappa shape index (κ1) is 14.0. The lowest BCUT2D eigenvalue weighted by atomic mass is 10.2. The van der Waals surface area contributed by atoms with E-state index in [0.717, 1.165) is 25.3 Å². The summed E-state index contributed by atoms with van der Waals surface area (Å²) in [4.78, 5) is 0. The maximum atomic E-state index is 5.69. The monoisotopic (exact) mass is 235 g/mol. The van der Waals surface area contributed by atoms with Crippen molar-refractivity contribution in [1.82, 2.24) is 5.32 Å². The maximum absolute atomic E-state index is 5.69. The van der Waals surface area contributed by atoms with E-state index in [0.29, 0.717) is 6.04 Å². The molecule has 1 rings (SSSR count). The molecule has 0 aliphatic carbocycles. The summed E-state index contributed by atoms with van der Waals surface area (Å²) in [5.74, 6) is 0.991. The van der Waals surface area contributed by atoms with Crippen molar-refractivity contribution in [3.8, 4) is 5.75 Å². The summed E-state index contributed by atoms with van der Waals surface area (Å²) in [6, 6.07) is 8.83. The third-order valence-electron chi connectivity index (χ3n) is 2.63. The minimum absolute atomic E-state index is 0.596. The Labute approximate surface area is 105 Å². The van der Waals surface area contributed by atoms with Crippen molar-refractivity contribution < 1.29 is 4.74 Å². The molecule has 2 heteroatoms. The van der Waals surface area contributed by atoms with Crippen LogP contribution in [0, 0.1) is 6.92 Å². The molecule has 0 fully saturated rings. The Morgan fingerprint density at radius 3 is 2.71 bits per heavy atom. The zero-order valence-electron chi connectivity index (χ0n) is 11.3. The highest BCUT2D eigenvalue weighted by Gasteiger charge is 1.95. The van der Waals surface area contributed by atoms with E-state index >= 15 is 0 Å². The molecule has 2 nitrogen and oxygen atoms in total. The molecule has 1 aromatic carbocycles. The van der Waals surface area contributed by atoms with Gasteiger partial charge in [-0.15, -0.1) is 0 Å². The molecule has 0 aliphatic heterocycles. The van der Waals surface area contributed by atoms with Crippen LogP contribution in [0.2, 0.25) is 0 Å². The normalized spacial score (nSPS) is 10.8. The number of rotatable bonds is 8. The average Bonchev–Trinajstić information content (AvgIpc) is 2.27. The molecule has 96 valence electrons. The van der Waals surface area contributed by atoms with E-state index in [1.807, 2.05) is 12.1 Å². The van der Waals surface area contributed by atoms with E-state index in [9.17, 15) is 0 Å². The van der Waals surface area contributed by atoms with E-state index in [4.69, 9.17) is 4.74 Å².